The van der Waals surface area contributed by atoms with Crippen LogP contribution in [0.4, 0.5) is 0 Å². The third-order valence-corrected chi connectivity index (χ3v) is 5.53. The number of nitrogens with zero attached hydrogens (tertiary/aromatic N) is 5. The Hall–Kier alpha value is -1.77. The molecule has 1 amide bonds. The van der Waals surface area contributed by atoms with Crippen LogP contribution in [0, 0.1) is 5.92 Å². The average molecular weight is 361 g/mol. The first-order chi connectivity index (χ1) is 12.0. The van der Waals surface area contributed by atoms with Crippen molar-refractivity contribution in [2.75, 3.05) is 20.6 Å². The smallest absolute Gasteiger partial charge is 0.273 e. The minimum Gasteiger partial charge on any atom is -0.386 e. The molecule has 134 valence electrons. The zero-order valence-electron chi connectivity index (χ0n) is 14.6. The monoisotopic (exact) mass is 361 g/mol. The molecular weight excluding hydrogens is 338 g/mol. The normalized spacial score (nSPS) is 18.5. The van der Waals surface area contributed by atoms with Gasteiger partial charge in [-0.05, 0) is 38.9 Å². The van der Waals surface area contributed by atoms with Gasteiger partial charge in [-0.3, -0.25) is 9.48 Å². The summed E-state index contributed by atoms with van der Waals surface area (Å²) in [6.45, 7) is 2.54. The lowest BCUT2D eigenvalue weighted by molar-refractivity contribution is 0.0700. The van der Waals surface area contributed by atoms with Crippen molar-refractivity contribution < 1.29 is 9.90 Å². The summed E-state index contributed by atoms with van der Waals surface area (Å²) in [4.78, 5) is 21.1. The molecule has 3 heterocycles. The van der Waals surface area contributed by atoms with E-state index in [4.69, 9.17) is 0 Å². The number of carbonyl (C=O) groups is 1. The predicted molar refractivity (Wildman–Crippen MR) is 94.2 cm³/mol. The van der Waals surface area contributed by atoms with E-state index in [0.29, 0.717) is 31.2 Å². The summed E-state index contributed by atoms with van der Waals surface area (Å²) in [6.07, 6.45) is 1.69. The zero-order valence-corrected chi connectivity index (χ0v) is 15.4. The SMILES string of the molecule is CN(C)Cc1nc(C(=O)N2CCn3nc(C(O)C4CC4)cc3C2)cs1. The van der Waals surface area contributed by atoms with Crippen molar-refractivity contribution in [3.8, 4) is 0 Å². The molecule has 1 atom stereocenters. The van der Waals surface area contributed by atoms with Gasteiger partial charge in [-0.1, -0.05) is 0 Å². The number of aromatic nitrogens is 3. The number of rotatable bonds is 5. The van der Waals surface area contributed by atoms with Crippen LogP contribution in [0.3, 0.4) is 0 Å². The fourth-order valence-electron chi connectivity index (χ4n) is 3.17. The molecule has 7 nitrogen and oxygen atoms in total. The Labute approximate surface area is 150 Å². The van der Waals surface area contributed by atoms with Crippen molar-refractivity contribution in [3.05, 3.63) is 33.5 Å². The third-order valence-electron chi connectivity index (χ3n) is 4.70. The van der Waals surface area contributed by atoms with Gasteiger partial charge >= 0.3 is 0 Å². The fraction of sp³-hybridized carbons (Fsp3) is 0.588. The number of fused-ring (bicyclic) bond motifs is 1. The molecule has 8 heteroatoms. The molecule has 1 saturated carbocycles. The maximum atomic E-state index is 12.7. The van der Waals surface area contributed by atoms with Crippen molar-refractivity contribution in [1.29, 1.82) is 0 Å². The molecule has 0 radical (unpaired) electrons. The standard InChI is InChI=1S/C17H23N5O2S/c1-20(2)9-15-18-14(10-25-15)17(24)21-5-6-22-12(8-21)7-13(19-22)16(23)11-3-4-11/h7,10-11,16,23H,3-6,8-9H2,1-2H3. The van der Waals surface area contributed by atoms with Crippen LogP contribution in [0.2, 0.25) is 0 Å². The van der Waals surface area contributed by atoms with E-state index in [9.17, 15) is 9.90 Å². The van der Waals surface area contributed by atoms with E-state index in [-0.39, 0.29) is 5.91 Å². The Bertz CT molecular complexity index is 780. The summed E-state index contributed by atoms with van der Waals surface area (Å²) < 4.78 is 1.92. The summed E-state index contributed by atoms with van der Waals surface area (Å²) in [5.41, 5.74) is 2.25. The number of aliphatic hydroxyl groups is 1. The van der Waals surface area contributed by atoms with Crippen molar-refractivity contribution in [1.82, 2.24) is 24.6 Å². The predicted octanol–water partition coefficient (Wildman–Crippen LogP) is 1.50. The van der Waals surface area contributed by atoms with Crippen LogP contribution < -0.4 is 0 Å². The molecule has 1 aliphatic carbocycles. The van der Waals surface area contributed by atoms with Gasteiger partial charge in [0.15, 0.2) is 0 Å². The first kappa shape index (κ1) is 16.7. The second kappa shape index (κ2) is 6.51. The Morgan fingerprint density at radius 3 is 2.96 bits per heavy atom. The van der Waals surface area contributed by atoms with Crippen molar-refractivity contribution in [2.45, 2.75) is 38.6 Å². The van der Waals surface area contributed by atoms with Gasteiger partial charge in [0.1, 0.15) is 16.8 Å². The van der Waals surface area contributed by atoms with Crippen molar-refractivity contribution in [2.24, 2.45) is 5.92 Å². The quantitative estimate of drug-likeness (QED) is 0.874. The Morgan fingerprint density at radius 1 is 1.44 bits per heavy atom. The lowest BCUT2D eigenvalue weighted by Gasteiger charge is -2.27. The number of thiazole rings is 1. The largest absolute Gasteiger partial charge is 0.386 e. The van der Waals surface area contributed by atoms with E-state index in [1.54, 1.807) is 0 Å². The molecule has 2 aromatic heterocycles. The second-order valence-electron chi connectivity index (χ2n) is 7.16. The fourth-order valence-corrected chi connectivity index (χ4v) is 4.06. The van der Waals surface area contributed by atoms with Gasteiger partial charge in [0.05, 0.1) is 24.5 Å². The van der Waals surface area contributed by atoms with E-state index < -0.39 is 6.10 Å². The maximum absolute atomic E-state index is 12.7. The highest BCUT2D eigenvalue weighted by Crippen LogP contribution is 2.40. The molecule has 1 aliphatic heterocycles. The second-order valence-corrected chi connectivity index (χ2v) is 8.10. The van der Waals surface area contributed by atoms with Gasteiger partial charge < -0.3 is 14.9 Å². The number of aliphatic hydroxyl groups excluding tert-OH is 1. The van der Waals surface area contributed by atoms with E-state index in [1.165, 1.54) is 11.3 Å². The number of hydrogen-bond acceptors (Lipinski definition) is 6. The number of hydrogen-bond donors (Lipinski definition) is 1. The summed E-state index contributed by atoms with van der Waals surface area (Å²) in [5, 5.41) is 17.6. The molecule has 0 bridgehead atoms. The molecule has 1 N–H and O–H groups in total. The molecule has 25 heavy (non-hydrogen) atoms. The van der Waals surface area contributed by atoms with Gasteiger partial charge in [0, 0.05) is 18.5 Å². The van der Waals surface area contributed by atoms with E-state index in [2.05, 4.69) is 10.1 Å². The highest BCUT2D eigenvalue weighted by atomic mass is 32.1. The van der Waals surface area contributed by atoms with Gasteiger partial charge in [-0.25, -0.2) is 4.98 Å². The van der Waals surface area contributed by atoms with Crippen LogP contribution in [0.5, 0.6) is 0 Å². The van der Waals surface area contributed by atoms with Gasteiger partial charge in [0.2, 0.25) is 0 Å². The van der Waals surface area contributed by atoms with Crippen LogP contribution >= 0.6 is 11.3 Å². The third kappa shape index (κ3) is 3.47. The highest BCUT2D eigenvalue weighted by Gasteiger charge is 2.34. The molecule has 0 saturated heterocycles. The van der Waals surface area contributed by atoms with Crippen LogP contribution in [-0.2, 0) is 19.6 Å². The lowest BCUT2D eigenvalue weighted by Crippen LogP contribution is -2.38. The zero-order chi connectivity index (χ0) is 17.6. The molecule has 1 fully saturated rings. The van der Waals surface area contributed by atoms with Crippen molar-refractivity contribution in [3.63, 3.8) is 0 Å². The average Bonchev–Trinajstić information content (AvgIpc) is 3.18. The molecule has 0 spiro atoms. The van der Waals surface area contributed by atoms with E-state index in [0.717, 1.165) is 35.8 Å². The first-order valence-corrected chi connectivity index (χ1v) is 9.52. The topological polar surface area (TPSA) is 74.5 Å². The number of carbonyl (C=O) groups excluding carboxylic acids is 1. The van der Waals surface area contributed by atoms with E-state index >= 15 is 0 Å². The van der Waals surface area contributed by atoms with Crippen LogP contribution in [0.1, 0.15) is 45.8 Å². The van der Waals surface area contributed by atoms with Gasteiger partial charge in [0.25, 0.3) is 5.91 Å². The minimum absolute atomic E-state index is 0.0296. The minimum atomic E-state index is -0.464. The molecule has 2 aromatic rings. The van der Waals surface area contributed by atoms with Crippen LogP contribution in [-0.4, -0.2) is 56.2 Å². The van der Waals surface area contributed by atoms with Crippen molar-refractivity contribution >= 4 is 17.2 Å². The summed E-state index contributed by atoms with van der Waals surface area (Å²) >= 11 is 1.52. The number of amides is 1. The van der Waals surface area contributed by atoms with Gasteiger partial charge in [-0.2, -0.15) is 5.10 Å². The summed E-state index contributed by atoms with van der Waals surface area (Å²) in [7, 11) is 3.98. The Morgan fingerprint density at radius 2 is 2.24 bits per heavy atom. The molecule has 0 aromatic carbocycles. The Balaban J connectivity index is 1.46. The van der Waals surface area contributed by atoms with Crippen LogP contribution in [0.15, 0.2) is 11.4 Å². The molecule has 1 unspecified atom stereocenters. The summed E-state index contributed by atoms with van der Waals surface area (Å²) in [5.74, 6) is 0.331. The van der Waals surface area contributed by atoms with E-state index in [1.807, 2.05) is 40.0 Å². The molecule has 4 rings (SSSR count). The summed E-state index contributed by atoms with van der Waals surface area (Å²) in [6, 6.07) is 1.95. The van der Waals surface area contributed by atoms with Crippen LogP contribution in [0.25, 0.3) is 0 Å². The van der Waals surface area contributed by atoms with Gasteiger partial charge in [-0.15, -0.1) is 11.3 Å². The molecule has 2 aliphatic rings. The Kier molecular flexibility index (Phi) is 4.35. The first-order valence-electron chi connectivity index (χ1n) is 8.64. The highest BCUT2D eigenvalue weighted by molar-refractivity contribution is 7.09. The lowest BCUT2D eigenvalue weighted by atomic mass is 10.1. The molecular formula is C17H23N5O2S. The maximum Gasteiger partial charge on any atom is 0.273 e.